The summed E-state index contributed by atoms with van der Waals surface area (Å²) in [5, 5.41) is 0. The van der Waals surface area contributed by atoms with Crippen molar-refractivity contribution in [3.8, 4) is 0 Å². The van der Waals surface area contributed by atoms with Crippen LogP contribution in [-0.2, 0) is 0 Å². The van der Waals surface area contributed by atoms with Gasteiger partial charge in [-0.3, -0.25) is 4.90 Å². The van der Waals surface area contributed by atoms with Crippen molar-refractivity contribution in [1.29, 1.82) is 0 Å². The van der Waals surface area contributed by atoms with Gasteiger partial charge in [0.15, 0.2) is 0 Å². The topological polar surface area (TPSA) is 3.24 Å². The van der Waals surface area contributed by atoms with Crippen LogP contribution in [0.15, 0.2) is 12.7 Å². The summed E-state index contributed by atoms with van der Waals surface area (Å²) in [6.45, 7) is 11.1. The second kappa shape index (κ2) is 6.23. The fraction of sp³-hybridized carbons (Fsp3) is 0.846. The molecule has 0 aromatic rings. The average molecular weight is 195 g/mol. The molecule has 0 saturated carbocycles. The second-order valence-electron chi connectivity index (χ2n) is 4.87. The number of likely N-dealkylation sites (tertiary alicyclic amines) is 1. The molecule has 1 unspecified atom stereocenters. The summed E-state index contributed by atoms with van der Waals surface area (Å²) >= 11 is 0. The van der Waals surface area contributed by atoms with Crippen molar-refractivity contribution in [2.45, 2.75) is 52.0 Å². The molecule has 1 aliphatic heterocycles. The first kappa shape index (κ1) is 11.8. The Hall–Kier alpha value is -0.300. The van der Waals surface area contributed by atoms with Crippen LogP contribution in [0.1, 0.15) is 46.0 Å². The molecule has 1 nitrogen and oxygen atoms in total. The number of piperidine rings is 1. The third-order valence-electron chi connectivity index (χ3n) is 3.17. The van der Waals surface area contributed by atoms with E-state index in [-0.39, 0.29) is 0 Å². The number of nitrogens with zero attached hydrogens (tertiary/aromatic N) is 1. The van der Waals surface area contributed by atoms with Crippen LogP contribution in [0.5, 0.6) is 0 Å². The van der Waals surface area contributed by atoms with Crippen molar-refractivity contribution < 1.29 is 0 Å². The van der Waals surface area contributed by atoms with Gasteiger partial charge in [-0.25, -0.2) is 0 Å². The zero-order valence-corrected chi connectivity index (χ0v) is 9.84. The van der Waals surface area contributed by atoms with Gasteiger partial charge >= 0.3 is 0 Å². The first-order chi connectivity index (χ1) is 6.74. The molecule has 0 N–H and O–H groups in total. The van der Waals surface area contributed by atoms with E-state index < -0.39 is 0 Å². The summed E-state index contributed by atoms with van der Waals surface area (Å²) in [5.41, 5.74) is 0. The highest BCUT2D eigenvalue weighted by molar-refractivity contribution is 4.89. The Labute approximate surface area is 89.2 Å². The van der Waals surface area contributed by atoms with Crippen LogP contribution in [0.2, 0.25) is 0 Å². The predicted molar refractivity (Wildman–Crippen MR) is 63.5 cm³/mol. The molecule has 0 amide bonds. The second-order valence-corrected chi connectivity index (χ2v) is 4.87. The maximum Gasteiger partial charge on any atom is 0.0275 e. The lowest BCUT2D eigenvalue weighted by molar-refractivity contribution is 0.179. The Kier molecular flexibility index (Phi) is 5.24. The summed E-state index contributed by atoms with van der Waals surface area (Å²) < 4.78 is 0. The van der Waals surface area contributed by atoms with Crippen molar-refractivity contribution in [2.24, 2.45) is 5.92 Å². The Balaban J connectivity index is 2.31. The maximum absolute atomic E-state index is 3.97. The lowest BCUT2D eigenvalue weighted by atomic mass is 10.0. The number of hydrogen-bond donors (Lipinski definition) is 0. The van der Waals surface area contributed by atoms with E-state index in [9.17, 15) is 0 Å². The standard InChI is InChI=1S/C13H25N/c1-4-13(9-8-12(2)3)14-10-6-5-7-11-14/h4,12-13H,1,5-11H2,2-3H3. The van der Waals surface area contributed by atoms with Gasteiger partial charge in [0, 0.05) is 6.04 Å². The summed E-state index contributed by atoms with van der Waals surface area (Å²) in [7, 11) is 0. The van der Waals surface area contributed by atoms with Gasteiger partial charge in [-0.15, -0.1) is 6.58 Å². The molecule has 1 atom stereocenters. The monoisotopic (exact) mass is 195 g/mol. The molecule has 0 radical (unpaired) electrons. The normalized spacial score (nSPS) is 21.1. The van der Waals surface area contributed by atoms with Crippen molar-refractivity contribution in [2.75, 3.05) is 13.1 Å². The molecule has 0 aromatic heterocycles. The third-order valence-corrected chi connectivity index (χ3v) is 3.17. The van der Waals surface area contributed by atoms with E-state index in [0.717, 1.165) is 5.92 Å². The molecule has 0 bridgehead atoms. The molecule has 1 heterocycles. The van der Waals surface area contributed by atoms with Gasteiger partial charge in [0.05, 0.1) is 0 Å². The minimum atomic E-state index is 0.637. The maximum atomic E-state index is 3.97. The molecule has 0 aromatic carbocycles. The molecule has 1 fully saturated rings. The quantitative estimate of drug-likeness (QED) is 0.607. The van der Waals surface area contributed by atoms with Gasteiger partial charge in [0.1, 0.15) is 0 Å². The van der Waals surface area contributed by atoms with Gasteiger partial charge in [0.2, 0.25) is 0 Å². The number of rotatable bonds is 5. The molecule has 1 saturated heterocycles. The van der Waals surface area contributed by atoms with E-state index in [4.69, 9.17) is 0 Å². The molecule has 0 aliphatic carbocycles. The molecule has 1 heteroatoms. The Morgan fingerprint density at radius 2 is 1.79 bits per heavy atom. The SMILES string of the molecule is C=CC(CCC(C)C)N1CCCCC1. The van der Waals surface area contributed by atoms with Gasteiger partial charge < -0.3 is 0 Å². The van der Waals surface area contributed by atoms with E-state index in [0.29, 0.717) is 6.04 Å². The van der Waals surface area contributed by atoms with Crippen molar-refractivity contribution in [3.63, 3.8) is 0 Å². The average Bonchev–Trinajstić information content (AvgIpc) is 2.20. The highest BCUT2D eigenvalue weighted by Crippen LogP contribution is 2.17. The minimum Gasteiger partial charge on any atom is -0.297 e. The molecular weight excluding hydrogens is 170 g/mol. The smallest absolute Gasteiger partial charge is 0.0275 e. The molecule has 14 heavy (non-hydrogen) atoms. The van der Waals surface area contributed by atoms with Crippen LogP contribution >= 0.6 is 0 Å². The highest BCUT2D eigenvalue weighted by atomic mass is 15.2. The molecule has 1 rings (SSSR count). The van der Waals surface area contributed by atoms with E-state index in [1.54, 1.807) is 0 Å². The highest BCUT2D eigenvalue weighted by Gasteiger charge is 2.17. The zero-order chi connectivity index (χ0) is 10.4. The lowest BCUT2D eigenvalue weighted by Crippen LogP contribution is -2.38. The summed E-state index contributed by atoms with van der Waals surface area (Å²) in [5.74, 6) is 0.822. The van der Waals surface area contributed by atoms with Crippen LogP contribution in [0.25, 0.3) is 0 Å². The summed E-state index contributed by atoms with van der Waals surface area (Å²) in [4.78, 5) is 2.61. The van der Waals surface area contributed by atoms with E-state index in [2.05, 4.69) is 31.4 Å². The largest absolute Gasteiger partial charge is 0.297 e. The Morgan fingerprint density at radius 3 is 2.29 bits per heavy atom. The van der Waals surface area contributed by atoms with Crippen LogP contribution in [0, 0.1) is 5.92 Å². The lowest BCUT2D eigenvalue weighted by Gasteiger charge is -2.33. The molecular formula is C13H25N. The Bertz CT molecular complexity index is 157. The third kappa shape index (κ3) is 3.83. The minimum absolute atomic E-state index is 0.637. The van der Waals surface area contributed by atoms with Crippen molar-refractivity contribution in [3.05, 3.63) is 12.7 Å². The summed E-state index contributed by atoms with van der Waals surface area (Å²) in [6.07, 6.45) is 8.95. The van der Waals surface area contributed by atoms with Crippen molar-refractivity contribution in [1.82, 2.24) is 4.90 Å². The summed E-state index contributed by atoms with van der Waals surface area (Å²) in [6, 6.07) is 0.637. The van der Waals surface area contributed by atoms with Gasteiger partial charge in [-0.05, 0) is 44.7 Å². The van der Waals surface area contributed by atoms with Gasteiger partial charge in [-0.1, -0.05) is 26.3 Å². The van der Waals surface area contributed by atoms with Crippen molar-refractivity contribution >= 4 is 0 Å². The molecule has 1 aliphatic rings. The number of hydrogen-bond acceptors (Lipinski definition) is 1. The van der Waals surface area contributed by atoms with Crippen LogP contribution in [0.3, 0.4) is 0 Å². The van der Waals surface area contributed by atoms with Crippen LogP contribution in [-0.4, -0.2) is 24.0 Å². The van der Waals surface area contributed by atoms with Crippen LogP contribution in [0.4, 0.5) is 0 Å². The first-order valence-electron chi connectivity index (χ1n) is 6.10. The van der Waals surface area contributed by atoms with E-state index in [1.165, 1.54) is 45.2 Å². The fourth-order valence-electron chi connectivity index (χ4n) is 2.20. The fourth-order valence-corrected chi connectivity index (χ4v) is 2.20. The first-order valence-corrected chi connectivity index (χ1v) is 6.10. The predicted octanol–water partition coefficient (Wildman–Crippen LogP) is 3.46. The van der Waals surface area contributed by atoms with Gasteiger partial charge in [-0.2, -0.15) is 0 Å². The van der Waals surface area contributed by atoms with Gasteiger partial charge in [0.25, 0.3) is 0 Å². The zero-order valence-electron chi connectivity index (χ0n) is 9.84. The van der Waals surface area contributed by atoms with E-state index in [1.807, 2.05) is 0 Å². The molecule has 0 spiro atoms. The van der Waals surface area contributed by atoms with E-state index >= 15 is 0 Å². The molecule has 82 valence electrons. The van der Waals surface area contributed by atoms with Crippen LogP contribution < -0.4 is 0 Å². The Morgan fingerprint density at radius 1 is 1.14 bits per heavy atom.